The normalized spacial score (nSPS) is 24.1. The number of hydrogen-bond acceptors (Lipinski definition) is 6. The topological polar surface area (TPSA) is 93.7 Å². The van der Waals surface area contributed by atoms with E-state index in [4.69, 9.17) is 9.47 Å². The highest BCUT2D eigenvalue weighted by molar-refractivity contribution is 7.88. The fourth-order valence-corrected chi connectivity index (χ4v) is 6.65. The van der Waals surface area contributed by atoms with E-state index in [2.05, 4.69) is 48.2 Å². The molecule has 0 aromatic heterocycles. The number of hydrogen-bond donors (Lipinski definition) is 2. The van der Waals surface area contributed by atoms with Crippen LogP contribution in [0.1, 0.15) is 69.9 Å². The van der Waals surface area contributed by atoms with Crippen LogP contribution in [-0.2, 0) is 21.2 Å². The summed E-state index contributed by atoms with van der Waals surface area (Å²) in [6.45, 7) is 5.62. The van der Waals surface area contributed by atoms with E-state index < -0.39 is 10.0 Å². The van der Waals surface area contributed by atoms with Gasteiger partial charge in [-0.3, -0.25) is 4.79 Å². The molecule has 2 N–H and O–H groups in total. The van der Waals surface area contributed by atoms with Gasteiger partial charge in [0, 0.05) is 42.4 Å². The average molecular weight is 515 g/mol. The number of ether oxygens (including phenoxy) is 2. The number of sulfonamides is 1. The van der Waals surface area contributed by atoms with E-state index in [0.717, 1.165) is 43.4 Å². The molecule has 1 heterocycles. The maximum absolute atomic E-state index is 12.0. The molecule has 196 valence electrons. The molecule has 0 amide bonds. The maximum atomic E-state index is 12.0. The van der Waals surface area contributed by atoms with Gasteiger partial charge in [0.1, 0.15) is 11.5 Å². The van der Waals surface area contributed by atoms with Gasteiger partial charge in [-0.15, -0.1) is 0 Å². The number of carbonyl (C=O) groups excluding carboxylic acids is 1. The first-order valence-corrected chi connectivity index (χ1v) is 14.8. The molecule has 4 rings (SSSR count). The molecule has 0 bridgehead atoms. The Morgan fingerprint density at radius 1 is 1.19 bits per heavy atom. The Morgan fingerprint density at radius 2 is 1.94 bits per heavy atom. The van der Waals surface area contributed by atoms with Crippen LogP contribution in [0.5, 0.6) is 11.5 Å². The molecule has 1 aliphatic carbocycles. The summed E-state index contributed by atoms with van der Waals surface area (Å²) in [5.41, 5.74) is 3.16. The van der Waals surface area contributed by atoms with Crippen LogP contribution in [0, 0.1) is 5.92 Å². The molecule has 5 atom stereocenters. The van der Waals surface area contributed by atoms with Crippen molar-refractivity contribution >= 4 is 21.7 Å². The van der Waals surface area contributed by atoms with Crippen molar-refractivity contribution in [1.82, 2.24) is 4.72 Å². The summed E-state index contributed by atoms with van der Waals surface area (Å²) in [4.78, 5) is 12.0. The van der Waals surface area contributed by atoms with Gasteiger partial charge in [0.05, 0.1) is 12.4 Å². The van der Waals surface area contributed by atoms with Gasteiger partial charge in [-0.2, -0.15) is 0 Å². The zero-order valence-corrected chi connectivity index (χ0v) is 22.4. The van der Waals surface area contributed by atoms with Gasteiger partial charge < -0.3 is 14.8 Å². The summed E-state index contributed by atoms with van der Waals surface area (Å²) in [5.74, 6) is 1.18. The fraction of sp³-hybridized carbons (Fsp3) is 0.536. The first kappa shape index (κ1) is 26.5. The Bertz CT molecular complexity index is 1170. The van der Waals surface area contributed by atoms with Crippen molar-refractivity contribution in [3.8, 4) is 11.5 Å². The molecule has 0 spiro atoms. The van der Waals surface area contributed by atoms with E-state index >= 15 is 0 Å². The van der Waals surface area contributed by atoms with Crippen LogP contribution in [0.25, 0.3) is 0 Å². The number of aryl methyl sites for hydroxylation is 1. The van der Waals surface area contributed by atoms with Crippen LogP contribution in [-0.4, -0.2) is 38.8 Å². The maximum Gasteiger partial charge on any atom is 0.308 e. The molecule has 2 aliphatic rings. The SMILES string of the molecule is CC(=O)Oc1cc(OC(C)CCCc2ccccc2)cc2c1C1CC(NS(C)(=O)=O)CCC1C(C)N2. The molecule has 36 heavy (non-hydrogen) atoms. The van der Waals surface area contributed by atoms with Gasteiger partial charge in [0.2, 0.25) is 10.0 Å². The summed E-state index contributed by atoms with van der Waals surface area (Å²) in [5, 5.41) is 3.60. The van der Waals surface area contributed by atoms with Crippen LogP contribution in [0.15, 0.2) is 42.5 Å². The molecule has 2 aromatic rings. The molecule has 5 unspecified atom stereocenters. The quantitative estimate of drug-likeness (QED) is 0.361. The van der Waals surface area contributed by atoms with E-state index in [-0.39, 0.29) is 30.1 Å². The monoisotopic (exact) mass is 514 g/mol. The minimum absolute atomic E-state index is 0.00345. The van der Waals surface area contributed by atoms with Crippen molar-refractivity contribution in [2.45, 2.75) is 83.4 Å². The van der Waals surface area contributed by atoms with E-state index in [1.165, 1.54) is 18.7 Å². The van der Waals surface area contributed by atoms with Crippen molar-refractivity contribution in [2.24, 2.45) is 5.92 Å². The molecule has 1 fully saturated rings. The van der Waals surface area contributed by atoms with Crippen LogP contribution < -0.4 is 19.5 Å². The lowest BCUT2D eigenvalue weighted by Gasteiger charge is -2.45. The smallest absolute Gasteiger partial charge is 0.308 e. The summed E-state index contributed by atoms with van der Waals surface area (Å²) < 4.78 is 38.5. The van der Waals surface area contributed by atoms with Crippen molar-refractivity contribution in [3.05, 3.63) is 53.6 Å². The lowest BCUT2D eigenvalue weighted by molar-refractivity contribution is -0.131. The highest BCUT2D eigenvalue weighted by Crippen LogP contribution is 2.51. The number of fused-ring (bicyclic) bond motifs is 3. The number of carbonyl (C=O) groups is 1. The second-order valence-electron chi connectivity index (χ2n) is 10.4. The van der Waals surface area contributed by atoms with Gasteiger partial charge in [-0.25, -0.2) is 13.1 Å². The number of esters is 1. The standard InChI is InChI=1S/C28H38N2O5S/c1-18(9-8-12-21-10-6-5-7-11-21)34-23-16-26-28(27(17-23)35-20(3)31)25-15-22(30-36(4,32)33)13-14-24(25)19(2)29-26/h5-7,10-11,16-19,22,24-25,29-30H,8-9,12-15H2,1-4H3. The zero-order valence-electron chi connectivity index (χ0n) is 21.6. The fourth-order valence-electron chi connectivity index (χ4n) is 5.83. The Kier molecular flexibility index (Phi) is 8.25. The van der Waals surface area contributed by atoms with Crippen LogP contribution in [0.3, 0.4) is 0 Å². The molecule has 0 radical (unpaired) electrons. The molecule has 1 aliphatic heterocycles. The van der Waals surface area contributed by atoms with Crippen molar-refractivity contribution in [2.75, 3.05) is 11.6 Å². The summed E-state index contributed by atoms with van der Waals surface area (Å²) in [6.07, 6.45) is 6.48. The first-order chi connectivity index (χ1) is 17.1. The molecular weight excluding hydrogens is 476 g/mol. The number of rotatable bonds is 9. The number of benzene rings is 2. The Morgan fingerprint density at radius 3 is 2.64 bits per heavy atom. The van der Waals surface area contributed by atoms with Crippen LogP contribution in [0.2, 0.25) is 0 Å². The lowest BCUT2D eigenvalue weighted by Crippen LogP contribution is -2.45. The minimum Gasteiger partial charge on any atom is -0.491 e. The average Bonchev–Trinajstić information content (AvgIpc) is 2.78. The molecule has 2 aromatic carbocycles. The highest BCUT2D eigenvalue weighted by Gasteiger charge is 2.41. The van der Waals surface area contributed by atoms with E-state index in [1.807, 2.05) is 18.2 Å². The largest absolute Gasteiger partial charge is 0.491 e. The third-order valence-electron chi connectivity index (χ3n) is 7.31. The van der Waals surface area contributed by atoms with Gasteiger partial charge in [0.25, 0.3) is 0 Å². The van der Waals surface area contributed by atoms with Crippen molar-refractivity contribution in [1.29, 1.82) is 0 Å². The Hall–Kier alpha value is -2.58. The van der Waals surface area contributed by atoms with E-state index in [1.54, 1.807) is 0 Å². The van der Waals surface area contributed by atoms with Crippen molar-refractivity contribution in [3.63, 3.8) is 0 Å². The number of nitrogens with one attached hydrogen (secondary N) is 2. The zero-order chi connectivity index (χ0) is 25.9. The highest BCUT2D eigenvalue weighted by atomic mass is 32.2. The molecular formula is C28H38N2O5S. The van der Waals surface area contributed by atoms with Crippen LogP contribution >= 0.6 is 0 Å². The molecule has 1 saturated carbocycles. The van der Waals surface area contributed by atoms with Crippen LogP contribution in [0.4, 0.5) is 5.69 Å². The molecule has 8 heteroatoms. The number of anilines is 1. The lowest BCUT2D eigenvalue weighted by atomic mass is 9.68. The van der Waals surface area contributed by atoms with E-state index in [9.17, 15) is 13.2 Å². The predicted octanol–water partition coefficient (Wildman–Crippen LogP) is 5.02. The summed E-state index contributed by atoms with van der Waals surface area (Å²) in [6, 6.07) is 14.3. The Balaban J connectivity index is 1.53. The summed E-state index contributed by atoms with van der Waals surface area (Å²) in [7, 11) is -3.30. The second-order valence-corrected chi connectivity index (χ2v) is 12.2. The summed E-state index contributed by atoms with van der Waals surface area (Å²) >= 11 is 0. The Labute approximate surface area is 215 Å². The molecule has 7 nitrogen and oxygen atoms in total. The van der Waals surface area contributed by atoms with E-state index in [0.29, 0.717) is 23.8 Å². The van der Waals surface area contributed by atoms with Gasteiger partial charge >= 0.3 is 5.97 Å². The van der Waals surface area contributed by atoms with Crippen molar-refractivity contribution < 1.29 is 22.7 Å². The first-order valence-electron chi connectivity index (χ1n) is 12.9. The van der Waals surface area contributed by atoms with Gasteiger partial charge in [0.15, 0.2) is 0 Å². The van der Waals surface area contributed by atoms with Gasteiger partial charge in [-0.05, 0) is 69.8 Å². The van der Waals surface area contributed by atoms with Gasteiger partial charge in [-0.1, -0.05) is 30.3 Å². The third kappa shape index (κ3) is 6.79. The second kappa shape index (κ2) is 11.2. The minimum atomic E-state index is -3.30. The molecule has 0 saturated heterocycles. The third-order valence-corrected chi connectivity index (χ3v) is 8.07. The predicted molar refractivity (Wildman–Crippen MR) is 142 cm³/mol.